The molecule has 0 bridgehead atoms. The fourth-order valence-corrected chi connectivity index (χ4v) is 5.39. The van der Waals surface area contributed by atoms with Crippen LogP contribution < -0.4 is 4.72 Å². The van der Waals surface area contributed by atoms with Gasteiger partial charge in [-0.25, -0.2) is 13.1 Å². The van der Waals surface area contributed by atoms with E-state index in [-0.39, 0.29) is 10.9 Å². The number of carbonyl (C=O) groups is 1. The number of rotatable bonds is 4. The number of nitrogens with one attached hydrogen (secondary N) is 1. The third kappa shape index (κ3) is 3.85. The summed E-state index contributed by atoms with van der Waals surface area (Å²) >= 11 is 6.59. The highest BCUT2D eigenvalue weighted by Gasteiger charge is 2.33. The van der Waals surface area contributed by atoms with Crippen molar-refractivity contribution in [2.45, 2.75) is 37.1 Å². The molecule has 0 aromatic heterocycles. The fourth-order valence-electron chi connectivity index (χ4n) is 2.43. The molecule has 5 nitrogen and oxygen atoms in total. The van der Waals surface area contributed by atoms with Crippen molar-refractivity contribution in [3.05, 3.63) is 26.6 Å². The second-order valence-corrected chi connectivity index (χ2v) is 8.59. The number of carboxylic acids is 1. The topological polar surface area (TPSA) is 83.5 Å². The molecule has 0 amide bonds. The lowest BCUT2D eigenvalue weighted by molar-refractivity contribution is -0.141. The fraction of sp³-hybridized carbons (Fsp3) is 0.462. The van der Waals surface area contributed by atoms with Crippen LogP contribution in [0.2, 0.25) is 0 Å². The molecule has 0 unspecified atom stereocenters. The Morgan fingerprint density at radius 3 is 2.52 bits per heavy atom. The SMILES string of the molecule is Cc1cc(Br)c(S(=O)(=O)N[C@H]2CC[C@@H](C(=O)O)C2)cc1Br. The third-order valence-corrected chi connectivity index (χ3v) is 6.94. The van der Waals surface area contributed by atoms with Gasteiger partial charge in [-0.3, -0.25) is 4.79 Å². The normalized spacial score (nSPS) is 22.4. The van der Waals surface area contributed by atoms with E-state index in [1.807, 2.05) is 6.92 Å². The molecule has 0 heterocycles. The molecule has 2 atom stereocenters. The standard InChI is InChI=1S/C13H15Br2NO4S/c1-7-4-11(15)12(6-10(7)14)21(19,20)16-9-3-2-8(5-9)13(17)18/h4,6,8-9,16H,2-3,5H2,1H3,(H,17,18)/t8-,9+/m1/s1. The lowest BCUT2D eigenvalue weighted by Gasteiger charge is -2.15. The van der Waals surface area contributed by atoms with Crippen LogP contribution in [0.3, 0.4) is 0 Å². The van der Waals surface area contributed by atoms with Crippen molar-refractivity contribution in [1.29, 1.82) is 0 Å². The van der Waals surface area contributed by atoms with Gasteiger partial charge in [0.2, 0.25) is 10.0 Å². The zero-order valence-corrected chi connectivity index (χ0v) is 15.3. The highest BCUT2D eigenvalue weighted by Crippen LogP contribution is 2.31. The lowest BCUT2D eigenvalue weighted by atomic mass is 10.1. The number of aryl methyl sites for hydroxylation is 1. The average molecular weight is 441 g/mol. The van der Waals surface area contributed by atoms with E-state index in [4.69, 9.17) is 5.11 Å². The number of carboxylic acid groups (broad SMARTS) is 1. The van der Waals surface area contributed by atoms with E-state index >= 15 is 0 Å². The Hall–Kier alpha value is -0.440. The van der Waals surface area contributed by atoms with Gasteiger partial charge in [0.15, 0.2) is 0 Å². The first-order chi connectivity index (χ1) is 9.70. The molecule has 1 saturated carbocycles. The van der Waals surface area contributed by atoms with E-state index in [0.29, 0.717) is 28.2 Å². The van der Waals surface area contributed by atoms with Crippen LogP contribution in [0, 0.1) is 12.8 Å². The molecule has 1 aliphatic rings. The summed E-state index contributed by atoms with van der Waals surface area (Å²) in [4.78, 5) is 11.1. The Bertz CT molecular complexity index is 675. The summed E-state index contributed by atoms with van der Waals surface area (Å²) in [6, 6.07) is 2.95. The molecule has 0 spiro atoms. The predicted molar refractivity (Wildman–Crippen MR) is 85.7 cm³/mol. The van der Waals surface area contributed by atoms with Crippen LogP contribution in [-0.2, 0) is 14.8 Å². The Morgan fingerprint density at radius 1 is 1.29 bits per heavy atom. The van der Waals surface area contributed by atoms with Crippen LogP contribution in [0.1, 0.15) is 24.8 Å². The number of halogens is 2. The minimum absolute atomic E-state index is 0.152. The summed E-state index contributed by atoms with van der Waals surface area (Å²) in [6.07, 6.45) is 1.38. The van der Waals surface area contributed by atoms with Crippen LogP contribution in [0.25, 0.3) is 0 Å². The van der Waals surface area contributed by atoms with Gasteiger partial charge in [-0.1, -0.05) is 15.9 Å². The van der Waals surface area contributed by atoms with Gasteiger partial charge in [-0.2, -0.15) is 0 Å². The highest BCUT2D eigenvalue weighted by atomic mass is 79.9. The van der Waals surface area contributed by atoms with Crippen molar-refractivity contribution in [1.82, 2.24) is 4.72 Å². The van der Waals surface area contributed by atoms with Crippen LogP contribution in [0.15, 0.2) is 26.0 Å². The number of sulfonamides is 1. The lowest BCUT2D eigenvalue weighted by Crippen LogP contribution is -2.33. The van der Waals surface area contributed by atoms with Crippen LogP contribution in [-0.4, -0.2) is 25.5 Å². The van der Waals surface area contributed by atoms with Gasteiger partial charge in [-0.15, -0.1) is 0 Å². The zero-order chi connectivity index (χ0) is 15.8. The van der Waals surface area contributed by atoms with E-state index in [1.54, 1.807) is 12.1 Å². The minimum atomic E-state index is -3.68. The molecule has 2 N–H and O–H groups in total. The summed E-state index contributed by atoms with van der Waals surface area (Å²) in [6.45, 7) is 1.87. The minimum Gasteiger partial charge on any atom is -0.481 e. The summed E-state index contributed by atoms with van der Waals surface area (Å²) in [5.74, 6) is -1.33. The van der Waals surface area contributed by atoms with Gasteiger partial charge in [0.25, 0.3) is 0 Å². The van der Waals surface area contributed by atoms with Crippen molar-refractivity contribution >= 4 is 47.9 Å². The molecule has 21 heavy (non-hydrogen) atoms. The molecule has 2 rings (SSSR count). The maximum Gasteiger partial charge on any atom is 0.306 e. The van der Waals surface area contributed by atoms with E-state index < -0.39 is 21.9 Å². The zero-order valence-electron chi connectivity index (χ0n) is 11.3. The van der Waals surface area contributed by atoms with Gasteiger partial charge < -0.3 is 5.11 Å². The van der Waals surface area contributed by atoms with Crippen LogP contribution >= 0.6 is 31.9 Å². The first-order valence-corrected chi connectivity index (χ1v) is 9.48. The predicted octanol–water partition coefficient (Wildman–Crippen LogP) is 3.05. The van der Waals surface area contributed by atoms with E-state index in [2.05, 4.69) is 36.6 Å². The molecule has 8 heteroatoms. The van der Waals surface area contributed by atoms with Crippen LogP contribution in [0.5, 0.6) is 0 Å². The van der Waals surface area contributed by atoms with Gasteiger partial charge in [-0.05, 0) is 59.8 Å². The smallest absolute Gasteiger partial charge is 0.306 e. The van der Waals surface area contributed by atoms with Crippen molar-refractivity contribution in [3.8, 4) is 0 Å². The average Bonchev–Trinajstić information content (AvgIpc) is 2.81. The summed E-state index contributed by atoms with van der Waals surface area (Å²) < 4.78 is 28.7. The van der Waals surface area contributed by atoms with Crippen LogP contribution in [0.4, 0.5) is 0 Å². The van der Waals surface area contributed by atoms with Crippen molar-refractivity contribution in [2.24, 2.45) is 5.92 Å². The Morgan fingerprint density at radius 2 is 1.95 bits per heavy atom. The summed E-state index contributed by atoms with van der Waals surface area (Å²) in [7, 11) is -3.68. The largest absolute Gasteiger partial charge is 0.481 e. The molecule has 1 aromatic carbocycles. The van der Waals surface area contributed by atoms with Gasteiger partial charge in [0, 0.05) is 15.0 Å². The third-order valence-electron chi connectivity index (χ3n) is 3.61. The quantitative estimate of drug-likeness (QED) is 0.753. The van der Waals surface area contributed by atoms with Gasteiger partial charge >= 0.3 is 5.97 Å². The first-order valence-electron chi connectivity index (χ1n) is 6.41. The maximum atomic E-state index is 12.4. The van der Waals surface area contributed by atoms with Gasteiger partial charge in [0.1, 0.15) is 0 Å². The molecular formula is C13H15Br2NO4S. The molecule has 0 radical (unpaired) electrons. The Balaban J connectivity index is 2.20. The molecule has 1 aliphatic carbocycles. The second kappa shape index (κ2) is 6.36. The van der Waals surface area contributed by atoms with E-state index in [1.165, 1.54) is 0 Å². The van der Waals surface area contributed by atoms with Gasteiger partial charge in [0.05, 0.1) is 10.8 Å². The number of aliphatic carboxylic acids is 1. The molecule has 1 fully saturated rings. The first kappa shape index (κ1) is 16.9. The summed E-state index contributed by atoms with van der Waals surface area (Å²) in [5.41, 5.74) is 0.924. The molecular weight excluding hydrogens is 426 g/mol. The van der Waals surface area contributed by atoms with Crippen molar-refractivity contribution in [2.75, 3.05) is 0 Å². The number of hydrogen-bond donors (Lipinski definition) is 2. The second-order valence-electron chi connectivity index (χ2n) is 5.20. The Labute approximate surface area is 140 Å². The molecule has 116 valence electrons. The van der Waals surface area contributed by atoms with Crippen molar-refractivity contribution < 1.29 is 18.3 Å². The van der Waals surface area contributed by atoms with Crippen molar-refractivity contribution in [3.63, 3.8) is 0 Å². The molecule has 1 aromatic rings. The Kier molecular flexibility index (Phi) is 5.12. The molecule has 0 saturated heterocycles. The summed E-state index contributed by atoms with van der Waals surface area (Å²) in [5, 5.41) is 8.97. The number of hydrogen-bond acceptors (Lipinski definition) is 3. The monoisotopic (exact) mass is 439 g/mol. The maximum absolute atomic E-state index is 12.4. The highest BCUT2D eigenvalue weighted by molar-refractivity contribution is 9.11. The van der Waals surface area contributed by atoms with E-state index in [9.17, 15) is 13.2 Å². The van der Waals surface area contributed by atoms with E-state index in [0.717, 1.165) is 5.56 Å². The molecule has 0 aliphatic heterocycles. The number of benzene rings is 1.